The van der Waals surface area contributed by atoms with Gasteiger partial charge in [-0.2, -0.15) is 0 Å². The molecule has 0 aliphatic rings. The van der Waals surface area contributed by atoms with Crippen LogP contribution in [0.25, 0.3) is 11.5 Å². The molecule has 0 unspecified atom stereocenters. The van der Waals surface area contributed by atoms with E-state index in [4.69, 9.17) is 8.94 Å². The number of carbonyl (C=O) groups excluding carboxylic acids is 1. The number of aryl methyl sites for hydroxylation is 1. The minimum atomic E-state index is -0.582. The van der Waals surface area contributed by atoms with Crippen molar-refractivity contribution in [3.05, 3.63) is 30.3 Å². The average molecular weight is 237 g/mol. The van der Waals surface area contributed by atoms with Gasteiger partial charge in [0.15, 0.2) is 11.5 Å². The molecule has 0 spiro atoms. The van der Waals surface area contributed by atoms with E-state index in [2.05, 4.69) is 10.1 Å². The van der Waals surface area contributed by atoms with E-state index in [0.717, 1.165) is 0 Å². The van der Waals surface area contributed by atoms with Crippen molar-refractivity contribution >= 4 is 5.78 Å². The topological polar surface area (TPSA) is 69.1 Å². The van der Waals surface area contributed by atoms with Crippen LogP contribution < -0.4 is 0 Å². The van der Waals surface area contributed by atoms with Crippen molar-refractivity contribution in [2.24, 2.45) is 0 Å². The molecule has 17 heavy (non-hydrogen) atoms. The van der Waals surface area contributed by atoms with Crippen LogP contribution in [0.4, 0.5) is 4.39 Å². The minimum absolute atomic E-state index is 0.0552. The molecule has 6 heteroatoms. The molecule has 0 aromatic carbocycles. The monoisotopic (exact) mass is 237 g/mol. The second-order valence-electron chi connectivity index (χ2n) is 3.40. The van der Waals surface area contributed by atoms with Gasteiger partial charge in [-0.05, 0) is 13.3 Å². The van der Waals surface area contributed by atoms with Gasteiger partial charge < -0.3 is 8.94 Å². The van der Waals surface area contributed by atoms with Gasteiger partial charge in [-0.25, -0.2) is 4.98 Å². The number of hydrogen-bond acceptors (Lipinski definition) is 5. The Morgan fingerprint density at radius 1 is 1.59 bits per heavy atom. The maximum Gasteiger partial charge on any atom is 0.264 e. The summed E-state index contributed by atoms with van der Waals surface area (Å²) >= 11 is 0. The van der Waals surface area contributed by atoms with Gasteiger partial charge in [-0.1, -0.05) is 5.16 Å². The molecule has 0 amide bonds. The summed E-state index contributed by atoms with van der Waals surface area (Å²) in [4.78, 5) is 15.2. The number of oxazole rings is 1. The molecule has 5 nitrogen and oxygen atoms in total. The van der Waals surface area contributed by atoms with Crippen LogP contribution in [0.15, 0.2) is 21.2 Å². The first-order chi connectivity index (χ1) is 8.20. The summed E-state index contributed by atoms with van der Waals surface area (Å²) in [5.74, 6) is 0.468. The van der Waals surface area contributed by atoms with E-state index in [0.29, 0.717) is 17.2 Å². The lowest BCUT2D eigenvalue weighted by Gasteiger charge is -1.91. The van der Waals surface area contributed by atoms with E-state index < -0.39 is 12.5 Å². The van der Waals surface area contributed by atoms with Gasteiger partial charge in [0, 0.05) is 12.5 Å². The predicted molar refractivity (Wildman–Crippen MR) is 56.0 cm³/mol. The number of rotatable bonds is 5. The highest BCUT2D eigenvalue weighted by molar-refractivity contribution is 5.98. The number of hydrogen-bond donors (Lipinski definition) is 0. The molecule has 0 aliphatic carbocycles. The lowest BCUT2D eigenvalue weighted by molar-refractivity contribution is 0.0989. The molecule has 2 heterocycles. The third kappa shape index (κ3) is 2.58. The summed E-state index contributed by atoms with van der Waals surface area (Å²) in [6.07, 6.45) is 2.64. The van der Waals surface area contributed by atoms with Crippen LogP contribution in [0.2, 0.25) is 0 Å². The zero-order valence-corrected chi connectivity index (χ0v) is 9.14. The fourth-order valence-corrected chi connectivity index (χ4v) is 1.26. The van der Waals surface area contributed by atoms with E-state index in [1.165, 1.54) is 12.6 Å². The summed E-state index contributed by atoms with van der Waals surface area (Å²) < 4.78 is 22.0. The Hall–Kier alpha value is -1.98. The minimum Gasteiger partial charge on any atom is -0.432 e. The first kappa shape index (κ1) is 11.5. The van der Waals surface area contributed by atoms with Gasteiger partial charge in [0.1, 0.15) is 5.76 Å². The Morgan fingerprint density at radius 2 is 2.41 bits per heavy atom. The van der Waals surface area contributed by atoms with Crippen molar-refractivity contribution in [3.63, 3.8) is 0 Å². The van der Waals surface area contributed by atoms with Crippen LogP contribution >= 0.6 is 0 Å². The first-order valence-corrected chi connectivity index (χ1v) is 5.03. The van der Waals surface area contributed by atoms with Gasteiger partial charge in [0.2, 0.25) is 5.78 Å². The fraction of sp³-hybridized carbons (Fsp3) is 0.273. The van der Waals surface area contributed by atoms with Gasteiger partial charge in [0.05, 0.1) is 12.9 Å². The van der Waals surface area contributed by atoms with Crippen molar-refractivity contribution in [1.82, 2.24) is 10.1 Å². The maximum atomic E-state index is 11.9. The Labute approximate surface area is 96.6 Å². The smallest absolute Gasteiger partial charge is 0.264 e. The summed E-state index contributed by atoms with van der Waals surface area (Å²) in [5.41, 5.74) is 0.472. The molecular formula is C11H10FN2O3. The Bertz CT molecular complexity index is 518. The molecule has 0 aliphatic heterocycles. The van der Waals surface area contributed by atoms with Crippen molar-refractivity contribution < 1.29 is 18.1 Å². The first-order valence-electron chi connectivity index (χ1n) is 5.03. The van der Waals surface area contributed by atoms with Crippen LogP contribution in [0.1, 0.15) is 22.9 Å². The van der Waals surface area contributed by atoms with Crippen LogP contribution in [0, 0.1) is 13.3 Å². The van der Waals surface area contributed by atoms with Crippen molar-refractivity contribution in [2.75, 3.05) is 6.67 Å². The van der Waals surface area contributed by atoms with Crippen molar-refractivity contribution in [1.29, 1.82) is 0 Å². The van der Waals surface area contributed by atoms with E-state index in [1.54, 1.807) is 13.0 Å². The summed E-state index contributed by atoms with van der Waals surface area (Å²) in [5, 5.41) is 3.73. The quantitative estimate of drug-likeness (QED) is 0.747. The van der Waals surface area contributed by atoms with Crippen LogP contribution in [-0.2, 0) is 0 Å². The molecular weight excluding hydrogens is 227 g/mol. The largest absolute Gasteiger partial charge is 0.432 e. The molecule has 2 rings (SSSR count). The zero-order chi connectivity index (χ0) is 12.3. The second-order valence-corrected chi connectivity index (χ2v) is 3.40. The van der Waals surface area contributed by atoms with E-state index in [1.807, 2.05) is 0 Å². The van der Waals surface area contributed by atoms with Crippen molar-refractivity contribution in [3.8, 4) is 11.5 Å². The van der Waals surface area contributed by atoms with Crippen LogP contribution in [0.3, 0.4) is 0 Å². The second kappa shape index (κ2) is 4.90. The van der Waals surface area contributed by atoms with E-state index >= 15 is 0 Å². The maximum absolute atomic E-state index is 11.9. The fourth-order valence-electron chi connectivity index (χ4n) is 1.26. The summed E-state index contributed by atoms with van der Waals surface area (Å²) in [6, 6.07) is 1.67. The van der Waals surface area contributed by atoms with Gasteiger partial charge in [-0.3, -0.25) is 9.18 Å². The average Bonchev–Trinajstić information content (AvgIpc) is 2.93. The molecule has 0 atom stereocenters. The molecule has 0 bridgehead atoms. The number of nitrogens with zero attached hydrogens (tertiary/aromatic N) is 2. The summed E-state index contributed by atoms with van der Waals surface area (Å²) in [7, 11) is 0. The molecule has 2 aromatic heterocycles. The number of carbonyl (C=O) groups is 1. The standard InChI is InChI=1S/C11H10FN2O3/c1-7-5-8(14-17-7)10-6-13-11(16-10)9(15)3-2-4-12/h3,5-6H,2,4H2,1H3. The highest BCUT2D eigenvalue weighted by Gasteiger charge is 2.15. The molecule has 0 saturated heterocycles. The number of ketones is 1. The molecule has 1 radical (unpaired) electrons. The SMILES string of the molecule is Cc1cc(-c2cnc(C(=O)[CH]CCF)o2)no1. The molecule has 0 fully saturated rings. The highest BCUT2D eigenvalue weighted by Crippen LogP contribution is 2.20. The van der Waals surface area contributed by atoms with Gasteiger partial charge in [-0.15, -0.1) is 0 Å². The van der Waals surface area contributed by atoms with E-state index in [9.17, 15) is 9.18 Å². The van der Waals surface area contributed by atoms with Crippen LogP contribution in [0.5, 0.6) is 0 Å². The molecule has 2 aromatic rings. The van der Waals surface area contributed by atoms with Gasteiger partial charge >= 0.3 is 0 Å². The Kier molecular flexibility index (Phi) is 3.32. The predicted octanol–water partition coefficient (Wildman–Crippen LogP) is 2.38. The van der Waals surface area contributed by atoms with E-state index in [-0.39, 0.29) is 12.3 Å². The number of Topliss-reactive ketones (excluding diaryl/α,β-unsaturated/α-hetero) is 1. The summed E-state index contributed by atoms with van der Waals surface area (Å²) in [6.45, 7) is 1.16. The third-order valence-electron chi connectivity index (χ3n) is 2.04. The Balaban J connectivity index is 2.13. The normalized spacial score (nSPS) is 10.7. The lowest BCUT2D eigenvalue weighted by atomic mass is 10.2. The Morgan fingerprint density at radius 3 is 3.06 bits per heavy atom. The zero-order valence-electron chi connectivity index (χ0n) is 9.14. The lowest BCUT2D eigenvalue weighted by Crippen LogP contribution is -2.00. The van der Waals surface area contributed by atoms with Crippen molar-refractivity contribution in [2.45, 2.75) is 13.3 Å². The number of halogens is 1. The molecule has 0 N–H and O–H groups in total. The number of alkyl halides is 1. The van der Waals surface area contributed by atoms with Crippen LogP contribution in [-0.4, -0.2) is 22.6 Å². The molecule has 0 saturated carbocycles. The highest BCUT2D eigenvalue weighted by atomic mass is 19.1. The number of aromatic nitrogens is 2. The van der Waals surface area contributed by atoms with Gasteiger partial charge in [0.25, 0.3) is 5.89 Å². The third-order valence-corrected chi connectivity index (χ3v) is 2.04. The molecule has 89 valence electrons.